The molecule has 100 valence electrons. The first-order chi connectivity index (χ1) is 8.29. The molecule has 0 amide bonds. The Hall–Kier alpha value is -0.930. The highest BCUT2D eigenvalue weighted by atomic mass is 35.5. The Morgan fingerprint density at radius 2 is 2.06 bits per heavy atom. The topological polar surface area (TPSA) is 29.1 Å². The van der Waals surface area contributed by atoms with Crippen LogP contribution in [0.4, 0.5) is 4.39 Å². The molecule has 0 fully saturated rings. The molecule has 0 unspecified atom stereocenters. The Kier molecular flexibility index (Phi) is 5.29. The largest absolute Gasteiger partial charge is 0.312 e. The van der Waals surface area contributed by atoms with Crippen molar-refractivity contribution in [3.8, 4) is 0 Å². The van der Waals surface area contributed by atoms with Gasteiger partial charge >= 0.3 is 0 Å². The van der Waals surface area contributed by atoms with E-state index in [0.717, 1.165) is 0 Å². The lowest BCUT2D eigenvalue weighted by Gasteiger charge is -2.20. The summed E-state index contributed by atoms with van der Waals surface area (Å²) in [6, 6.07) is 4.54. The summed E-state index contributed by atoms with van der Waals surface area (Å²) >= 11 is 5.80. The number of hydrogen-bond acceptors (Lipinski definition) is 2. The summed E-state index contributed by atoms with van der Waals surface area (Å²) in [6.07, 6.45) is 0.604. The number of carbonyl (C=O) groups excluding carboxylic acids is 1. The summed E-state index contributed by atoms with van der Waals surface area (Å²) in [6.45, 7) is 6.75. The molecule has 2 nitrogen and oxygen atoms in total. The Morgan fingerprint density at radius 3 is 2.67 bits per heavy atom. The van der Waals surface area contributed by atoms with E-state index < -0.39 is 5.82 Å². The van der Waals surface area contributed by atoms with E-state index in [1.54, 1.807) is 12.1 Å². The molecule has 1 aromatic carbocycles. The smallest absolute Gasteiger partial charge is 0.142 e. The monoisotopic (exact) mass is 271 g/mol. The van der Waals surface area contributed by atoms with Crippen LogP contribution >= 0.6 is 11.6 Å². The average Bonchev–Trinajstić information content (AvgIpc) is 2.23. The summed E-state index contributed by atoms with van der Waals surface area (Å²) in [7, 11) is 0. The summed E-state index contributed by atoms with van der Waals surface area (Å²) in [5.41, 5.74) is 0.550. The van der Waals surface area contributed by atoms with Gasteiger partial charge in [-0.15, -0.1) is 0 Å². The van der Waals surface area contributed by atoms with Crippen LogP contribution < -0.4 is 5.32 Å². The summed E-state index contributed by atoms with van der Waals surface area (Å²) < 4.78 is 13.2. The third-order valence-electron chi connectivity index (χ3n) is 2.48. The maximum Gasteiger partial charge on any atom is 0.142 e. The van der Waals surface area contributed by atoms with Crippen molar-refractivity contribution in [2.24, 2.45) is 0 Å². The molecule has 0 atom stereocenters. The minimum absolute atomic E-state index is 0.00319. The van der Waals surface area contributed by atoms with Gasteiger partial charge in [0.1, 0.15) is 11.6 Å². The van der Waals surface area contributed by atoms with Crippen molar-refractivity contribution in [2.45, 2.75) is 39.2 Å². The molecule has 0 heterocycles. The van der Waals surface area contributed by atoms with Crippen molar-refractivity contribution in [1.29, 1.82) is 0 Å². The molecular weight excluding hydrogens is 253 g/mol. The van der Waals surface area contributed by atoms with Crippen LogP contribution in [0.15, 0.2) is 18.2 Å². The van der Waals surface area contributed by atoms with Crippen molar-refractivity contribution in [2.75, 3.05) is 6.54 Å². The number of benzene rings is 1. The normalized spacial score (nSPS) is 11.6. The molecule has 0 saturated heterocycles. The van der Waals surface area contributed by atoms with Crippen LogP contribution in [0.2, 0.25) is 5.02 Å². The third-order valence-corrected chi connectivity index (χ3v) is 2.90. The fourth-order valence-electron chi connectivity index (χ4n) is 1.56. The van der Waals surface area contributed by atoms with Crippen molar-refractivity contribution in [3.63, 3.8) is 0 Å². The zero-order chi connectivity index (χ0) is 13.8. The fraction of sp³-hybridized carbons (Fsp3) is 0.500. The number of rotatable bonds is 5. The number of Topliss-reactive ketones (excluding diaryl/α,β-unsaturated/α-hetero) is 1. The lowest BCUT2D eigenvalue weighted by atomic mass is 10.1. The number of carbonyl (C=O) groups is 1. The van der Waals surface area contributed by atoms with Crippen LogP contribution in [-0.4, -0.2) is 17.9 Å². The molecule has 0 aliphatic carbocycles. The van der Waals surface area contributed by atoms with Crippen molar-refractivity contribution in [1.82, 2.24) is 5.32 Å². The van der Waals surface area contributed by atoms with Gasteiger partial charge in [-0.2, -0.15) is 0 Å². The van der Waals surface area contributed by atoms with E-state index in [2.05, 4.69) is 5.32 Å². The zero-order valence-electron chi connectivity index (χ0n) is 11.0. The predicted molar refractivity (Wildman–Crippen MR) is 72.5 cm³/mol. The maximum atomic E-state index is 13.2. The fourth-order valence-corrected chi connectivity index (χ4v) is 1.76. The van der Waals surface area contributed by atoms with E-state index in [0.29, 0.717) is 18.5 Å². The first-order valence-electron chi connectivity index (χ1n) is 5.99. The Bertz CT molecular complexity index is 426. The first-order valence-corrected chi connectivity index (χ1v) is 6.37. The summed E-state index contributed by atoms with van der Waals surface area (Å²) in [5, 5.41) is 3.29. The van der Waals surface area contributed by atoms with Gasteiger partial charge in [0.25, 0.3) is 0 Å². The van der Waals surface area contributed by atoms with Crippen molar-refractivity contribution in [3.05, 3.63) is 34.6 Å². The Labute approximate surface area is 113 Å². The number of nitrogens with one attached hydrogen (secondary N) is 1. The van der Waals surface area contributed by atoms with E-state index in [-0.39, 0.29) is 22.8 Å². The molecule has 0 spiro atoms. The molecular formula is C14H19ClFNO. The van der Waals surface area contributed by atoms with Crippen molar-refractivity contribution >= 4 is 17.4 Å². The molecule has 1 rings (SSSR count). The second-order valence-corrected chi connectivity index (χ2v) is 5.73. The quantitative estimate of drug-likeness (QED) is 0.890. The van der Waals surface area contributed by atoms with Crippen LogP contribution in [0.3, 0.4) is 0 Å². The van der Waals surface area contributed by atoms with E-state index in [1.807, 2.05) is 20.8 Å². The molecule has 1 N–H and O–H groups in total. The van der Waals surface area contributed by atoms with Crippen LogP contribution in [0, 0.1) is 5.82 Å². The predicted octanol–water partition coefficient (Wildman–Crippen LogP) is 3.37. The zero-order valence-corrected chi connectivity index (χ0v) is 11.8. The molecule has 0 aliphatic rings. The van der Waals surface area contributed by atoms with Gasteiger partial charge in [0, 0.05) is 24.9 Å². The lowest BCUT2D eigenvalue weighted by Crippen LogP contribution is -2.37. The molecule has 1 aromatic rings. The highest BCUT2D eigenvalue weighted by Gasteiger charge is 2.12. The molecule has 0 aromatic heterocycles. The van der Waals surface area contributed by atoms with Crippen LogP contribution in [0.1, 0.15) is 32.8 Å². The maximum absolute atomic E-state index is 13.2. The van der Waals surface area contributed by atoms with Crippen molar-refractivity contribution < 1.29 is 9.18 Å². The lowest BCUT2D eigenvalue weighted by molar-refractivity contribution is -0.118. The molecule has 4 heteroatoms. The van der Waals surface area contributed by atoms with Gasteiger partial charge in [0.15, 0.2) is 0 Å². The molecule has 0 saturated carbocycles. The van der Waals surface area contributed by atoms with E-state index in [9.17, 15) is 9.18 Å². The van der Waals surface area contributed by atoms with Crippen LogP contribution in [0.25, 0.3) is 0 Å². The standard InChI is InChI=1S/C14H19ClFNO/c1-14(2,3)17-8-7-11(18)9-10-5-4-6-12(16)13(10)15/h4-6,17H,7-9H2,1-3H3. The first kappa shape index (κ1) is 15.1. The van der Waals surface area contributed by atoms with E-state index >= 15 is 0 Å². The molecule has 18 heavy (non-hydrogen) atoms. The second kappa shape index (κ2) is 6.30. The summed E-state index contributed by atoms with van der Waals surface area (Å²) in [5.74, 6) is -0.422. The van der Waals surface area contributed by atoms with E-state index in [1.165, 1.54) is 6.07 Å². The van der Waals surface area contributed by atoms with Gasteiger partial charge in [-0.25, -0.2) is 4.39 Å². The van der Waals surface area contributed by atoms with Gasteiger partial charge in [0.2, 0.25) is 0 Å². The van der Waals surface area contributed by atoms with Gasteiger partial charge in [-0.05, 0) is 32.4 Å². The Balaban J connectivity index is 2.48. The van der Waals surface area contributed by atoms with Crippen LogP contribution in [-0.2, 0) is 11.2 Å². The molecule has 0 radical (unpaired) electrons. The van der Waals surface area contributed by atoms with Gasteiger partial charge in [-0.3, -0.25) is 4.79 Å². The SMILES string of the molecule is CC(C)(C)NCCC(=O)Cc1cccc(F)c1Cl. The molecule has 0 aliphatic heterocycles. The summed E-state index contributed by atoms with van der Waals surface area (Å²) in [4.78, 5) is 11.7. The van der Waals surface area contributed by atoms with Crippen LogP contribution in [0.5, 0.6) is 0 Å². The van der Waals surface area contributed by atoms with Gasteiger partial charge < -0.3 is 5.32 Å². The Morgan fingerprint density at radius 1 is 1.39 bits per heavy atom. The molecule has 0 bridgehead atoms. The minimum Gasteiger partial charge on any atom is -0.312 e. The van der Waals surface area contributed by atoms with Gasteiger partial charge in [-0.1, -0.05) is 23.7 Å². The number of hydrogen-bond donors (Lipinski definition) is 1. The minimum atomic E-state index is -0.477. The number of ketones is 1. The second-order valence-electron chi connectivity index (χ2n) is 5.36. The third kappa shape index (κ3) is 5.15. The highest BCUT2D eigenvalue weighted by Crippen LogP contribution is 2.20. The van der Waals surface area contributed by atoms with E-state index in [4.69, 9.17) is 11.6 Å². The van der Waals surface area contributed by atoms with Gasteiger partial charge in [0.05, 0.1) is 5.02 Å². The highest BCUT2D eigenvalue weighted by molar-refractivity contribution is 6.31. The average molecular weight is 272 g/mol. The number of halogens is 2.